The molecule has 0 aliphatic heterocycles. The third kappa shape index (κ3) is 3.38. The van der Waals surface area contributed by atoms with Crippen molar-refractivity contribution in [1.82, 2.24) is 0 Å². The van der Waals surface area contributed by atoms with E-state index in [1.807, 2.05) is 18.2 Å². The summed E-state index contributed by atoms with van der Waals surface area (Å²) in [5.41, 5.74) is 8.90. The molecule has 0 saturated heterocycles. The molecule has 0 radical (unpaired) electrons. The smallest absolute Gasteiger partial charge is 0.0931 e. The van der Waals surface area contributed by atoms with E-state index in [0.717, 1.165) is 28.7 Å². The van der Waals surface area contributed by atoms with E-state index in [4.69, 9.17) is 17.3 Å². The molecule has 1 aromatic carbocycles. The lowest BCUT2D eigenvalue weighted by molar-refractivity contribution is 1.04. The molecule has 2 nitrogen and oxygen atoms in total. The van der Waals surface area contributed by atoms with Gasteiger partial charge < -0.3 is 11.1 Å². The Balaban J connectivity index is 1.91. The predicted octanol–water partition coefficient (Wildman–Crippen LogP) is 3.95. The van der Waals surface area contributed by atoms with Gasteiger partial charge in [0.15, 0.2) is 0 Å². The summed E-state index contributed by atoms with van der Waals surface area (Å²) in [7, 11) is 0. The van der Waals surface area contributed by atoms with Crippen molar-refractivity contribution in [2.24, 2.45) is 0 Å². The zero-order valence-electron chi connectivity index (χ0n) is 9.66. The molecule has 0 spiro atoms. The van der Waals surface area contributed by atoms with Gasteiger partial charge in [-0.25, -0.2) is 0 Å². The van der Waals surface area contributed by atoms with Crippen LogP contribution >= 0.6 is 22.9 Å². The van der Waals surface area contributed by atoms with E-state index in [2.05, 4.69) is 24.4 Å². The van der Waals surface area contributed by atoms with Crippen molar-refractivity contribution in [2.45, 2.75) is 13.3 Å². The highest BCUT2D eigenvalue weighted by molar-refractivity contribution is 7.16. The minimum Gasteiger partial charge on any atom is -0.397 e. The lowest BCUT2D eigenvalue weighted by Crippen LogP contribution is -2.06. The lowest BCUT2D eigenvalue weighted by atomic mass is 10.2. The van der Waals surface area contributed by atoms with Gasteiger partial charge in [-0.3, -0.25) is 0 Å². The van der Waals surface area contributed by atoms with Gasteiger partial charge in [-0.15, -0.1) is 11.3 Å². The molecule has 0 bridgehead atoms. The van der Waals surface area contributed by atoms with Crippen LogP contribution in [-0.2, 0) is 6.42 Å². The Hall–Kier alpha value is -1.19. The highest BCUT2D eigenvalue weighted by atomic mass is 35.5. The standard InChI is InChI=1S/C13H15ClN2S/c1-9-2-4-11(15)12(8-9)16-7-6-10-3-5-13(14)17-10/h2-5,8,16H,6-7,15H2,1H3. The third-order valence-corrected chi connectivity index (χ3v) is 3.82. The van der Waals surface area contributed by atoms with E-state index in [9.17, 15) is 0 Å². The van der Waals surface area contributed by atoms with Gasteiger partial charge in [0.2, 0.25) is 0 Å². The molecule has 2 aromatic rings. The second-order valence-corrected chi connectivity index (χ2v) is 5.77. The Kier molecular flexibility index (Phi) is 3.92. The highest BCUT2D eigenvalue weighted by Gasteiger charge is 2.00. The van der Waals surface area contributed by atoms with E-state index >= 15 is 0 Å². The van der Waals surface area contributed by atoms with Gasteiger partial charge in [0.1, 0.15) is 0 Å². The van der Waals surface area contributed by atoms with Crippen LogP contribution in [0.2, 0.25) is 4.34 Å². The molecule has 0 aliphatic rings. The SMILES string of the molecule is Cc1ccc(N)c(NCCc2ccc(Cl)s2)c1. The molecule has 0 aliphatic carbocycles. The summed E-state index contributed by atoms with van der Waals surface area (Å²) in [4.78, 5) is 1.29. The molecule has 1 heterocycles. The van der Waals surface area contributed by atoms with Crippen LogP contribution in [0.25, 0.3) is 0 Å². The fraction of sp³-hybridized carbons (Fsp3) is 0.231. The topological polar surface area (TPSA) is 38.0 Å². The molecule has 0 atom stereocenters. The van der Waals surface area contributed by atoms with Crippen molar-refractivity contribution >= 4 is 34.3 Å². The molecule has 3 N–H and O–H groups in total. The van der Waals surface area contributed by atoms with Gasteiger partial charge in [0.05, 0.1) is 15.7 Å². The minimum absolute atomic E-state index is 0.791. The van der Waals surface area contributed by atoms with E-state index in [0.29, 0.717) is 0 Å². The quantitative estimate of drug-likeness (QED) is 0.823. The Morgan fingerprint density at radius 3 is 2.82 bits per heavy atom. The van der Waals surface area contributed by atoms with E-state index < -0.39 is 0 Å². The third-order valence-electron chi connectivity index (χ3n) is 2.52. The van der Waals surface area contributed by atoms with Crippen molar-refractivity contribution in [1.29, 1.82) is 0 Å². The number of rotatable bonds is 4. The number of aryl methyl sites for hydroxylation is 1. The molecule has 0 amide bonds. The van der Waals surface area contributed by atoms with Crippen LogP contribution < -0.4 is 11.1 Å². The number of benzene rings is 1. The second kappa shape index (κ2) is 5.43. The number of hydrogen-bond acceptors (Lipinski definition) is 3. The van der Waals surface area contributed by atoms with Crippen LogP contribution in [0.1, 0.15) is 10.4 Å². The number of anilines is 2. The fourth-order valence-electron chi connectivity index (χ4n) is 1.63. The Morgan fingerprint density at radius 1 is 1.29 bits per heavy atom. The summed E-state index contributed by atoms with van der Waals surface area (Å²) in [5, 5.41) is 3.35. The van der Waals surface area contributed by atoms with Crippen LogP contribution in [0.4, 0.5) is 11.4 Å². The summed E-state index contributed by atoms with van der Waals surface area (Å²) in [6, 6.07) is 10.0. The summed E-state index contributed by atoms with van der Waals surface area (Å²) in [5.74, 6) is 0. The average Bonchev–Trinajstić information content (AvgIpc) is 2.69. The van der Waals surface area contributed by atoms with Crippen LogP contribution in [0.5, 0.6) is 0 Å². The first-order valence-electron chi connectivity index (χ1n) is 5.49. The molecular formula is C13H15ClN2S. The summed E-state index contributed by atoms with van der Waals surface area (Å²) in [6.45, 7) is 2.92. The summed E-state index contributed by atoms with van der Waals surface area (Å²) in [6.07, 6.45) is 0.963. The predicted molar refractivity (Wildman–Crippen MR) is 77.1 cm³/mol. The number of hydrogen-bond donors (Lipinski definition) is 2. The minimum atomic E-state index is 0.791. The van der Waals surface area contributed by atoms with Gasteiger partial charge in [0.25, 0.3) is 0 Å². The highest BCUT2D eigenvalue weighted by Crippen LogP contribution is 2.23. The molecule has 90 valence electrons. The van der Waals surface area contributed by atoms with Gasteiger partial charge in [0, 0.05) is 11.4 Å². The van der Waals surface area contributed by atoms with E-state index in [1.54, 1.807) is 11.3 Å². The second-order valence-electron chi connectivity index (χ2n) is 3.97. The molecule has 0 unspecified atom stereocenters. The number of nitrogen functional groups attached to an aromatic ring is 1. The molecule has 0 saturated carbocycles. The zero-order valence-corrected chi connectivity index (χ0v) is 11.2. The molecule has 4 heteroatoms. The first-order valence-corrected chi connectivity index (χ1v) is 6.69. The summed E-state index contributed by atoms with van der Waals surface area (Å²) >= 11 is 7.50. The van der Waals surface area contributed by atoms with Crippen molar-refractivity contribution in [3.8, 4) is 0 Å². The Labute approximate surface area is 110 Å². The Bertz CT molecular complexity index is 508. The van der Waals surface area contributed by atoms with Crippen LogP contribution in [0, 0.1) is 6.92 Å². The first-order chi connectivity index (χ1) is 8.15. The van der Waals surface area contributed by atoms with Crippen molar-refractivity contribution in [2.75, 3.05) is 17.6 Å². The van der Waals surface area contributed by atoms with Crippen molar-refractivity contribution in [3.05, 3.63) is 45.1 Å². The Morgan fingerprint density at radius 2 is 2.12 bits per heavy atom. The maximum absolute atomic E-state index is 5.89. The maximum atomic E-state index is 5.89. The van der Waals surface area contributed by atoms with Gasteiger partial charge in [-0.2, -0.15) is 0 Å². The average molecular weight is 267 g/mol. The largest absolute Gasteiger partial charge is 0.397 e. The molecule has 2 rings (SSSR count). The number of thiophene rings is 1. The van der Waals surface area contributed by atoms with Gasteiger partial charge in [-0.1, -0.05) is 17.7 Å². The molecule has 1 aromatic heterocycles. The molecule has 17 heavy (non-hydrogen) atoms. The van der Waals surface area contributed by atoms with Crippen molar-refractivity contribution in [3.63, 3.8) is 0 Å². The van der Waals surface area contributed by atoms with Crippen LogP contribution in [0.3, 0.4) is 0 Å². The van der Waals surface area contributed by atoms with E-state index in [1.165, 1.54) is 10.4 Å². The van der Waals surface area contributed by atoms with E-state index in [-0.39, 0.29) is 0 Å². The first kappa shape index (κ1) is 12.3. The van der Waals surface area contributed by atoms with Crippen LogP contribution in [0.15, 0.2) is 30.3 Å². The number of nitrogens with two attached hydrogens (primary N) is 1. The van der Waals surface area contributed by atoms with Crippen LogP contribution in [-0.4, -0.2) is 6.54 Å². The monoisotopic (exact) mass is 266 g/mol. The molecule has 0 fully saturated rings. The normalized spacial score (nSPS) is 10.5. The lowest BCUT2D eigenvalue weighted by Gasteiger charge is -2.09. The van der Waals surface area contributed by atoms with Gasteiger partial charge in [-0.05, 0) is 43.2 Å². The summed E-state index contributed by atoms with van der Waals surface area (Å²) < 4.78 is 0.843. The number of halogens is 1. The number of nitrogens with one attached hydrogen (secondary N) is 1. The van der Waals surface area contributed by atoms with Gasteiger partial charge >= 0.3 is 0 Å². The zero-order chi connectivity index (χ0) is 12.3. The maximum Gasteiger partial charge on any atom is 0.0931 e. The molecular weight excluding hydrogens is 252 g/mol. The van der Waals surface area contributed by atoms with Crippen molar-refractivity contribution < 1.29 is 0 Å². The fourth-order valence-corrected chi connectivity index (χ4v) is 2.72.